The second-order valence-corrected chi connectivity index (χ2v) is 3.92. The number of hydrogen-bond donors (Lipinski definition) is 1. The van der Waals surface area contributed by atoms with E-state index in [9.17, 15) is 13.2 Å². The molecule has 0 aliphatic heterocycles. The maximum absolute atomic E-state index is 12.1. The lowest BCUT2D eigenvalue weighted by atomic mass is 10.1. The lowest BCUT2D eigenvalue weighted by molar-refractivity contribution is -0.206. The van der Waals surface area contributed by atoms with Crippen LogP contribution in [0.3, 0.4) is 0 Å². The molecule has 0 amide bonds. The van der Waals surface area contributed by atoms with Gasteiger partial charge in [0.15, 0.2) is 6.10 Å². The molecule has 0 spiro atoms. The van der Waals surface area contributed by atoms with Crippen LogP contribution in [-0.2, 0) is 0 Å². The summed E-state index contributed by atoms with van der Waals surface area (Å²) < 4.78 is 36.9. The van der Waals surface area contributed by atoms with Gasteiger partial charge in [0.2, 0.25) is 0 Å². The van der Waals surface area contributed by atoms with Crippen molar-refractivity contribution in [3.05, 3.63) is 33.8 Å². The zero-order chi connectivity index (χ0) is 10.9. The van der Waals surface area contributed by atoms with Gasteiger partial charge in [0.1, 0.15) is 0 Å². The summed E-state index contributed by atoms with van der Waals surface area (Å²) in [5, 5.41) is 8.96. The molecule has 0 aliphatic rings. The van der Waals surface area contributed by atoms with Crippen molar-refractivity contribution < 1.29 is 18.3 Å². The van der Waals surface area contributed by atoms with Crippen LogP contribution in [0.2, 0.25) is 0 Å². The van der Waals surface area contributed by atoms with E-state index in [0.29, 0.717) is 10.0 Å². The Morgan fingerprint density at radius 2 is 1.86 bits per heavy atom. The van der Waals surface area contributed by atoms with E-state index in [4.69, 9.17) is 5.11 Å². The first-order valence-electron chi connectivity index (χ1n) is 3.82. The molecule has 0 aliphatic carbocycles. The molecule has 1 aromatic rings. The quantitative estimate of drug-likeness (QED) is 0.828. The average Bonchev–Trinajstić information content (AvgIpc) is 1.99. The van der Waals surface area contributed by atoms with Gasteiger partial charge in [0.05, 0.1) is 0 Å². The average molecular weight is 269 g/mol. The summed E-state index contributed by atoms with van der Waals surface area (Å²) in [6.07, 6.45) is -7.04. The van der Waals surface area contributed by atoms with Gasteiger partial charge < -0.3 is 5.11 Å². The van der Waals surface area contributed by atoms with Gasteiger partial charge in [0, 0.05) is 4.47 Å². The summed E-state index contributed by atoms with van der Waals surface area (Å²) in [5.41, 5.74) is 0.516. The highest BCUT2D eigenvalue weighted by atomic mass is 79.9. The summed E-state index contributed by atoms with van der Waals surface area (Å²) in [5.74, 6) is 0. The first-order valence-corrected chi connectivity index (χ1v) is 4.62. The fraction of sp³-hybridized carbons (Fsp3) is 0.333. The number of rotatable bonds is 1. The van der Waals surface area contributed by atoms with E-state index < -0.39 is 12.3 Å². The standard InChI is InChI=1S/C9H8BrF3O/c1-5-2-6(4-7(10)3-5)8(14)9(11,12)13/h2-4,8,14H,1H3/t8-/m0/s1. The number of aliphatic hydroxyl groups is 1. The van der Waals surface area contributed by atoms with Gasteiger partial charge in [-0.05, 0) is 30.2 Å². The normalized spacial score (nSPS) is 14.1. The van der Waals surface area contributed by atoms with Crippen molar-refractivity contribution in [3.63, 3.8) is 0 Å². The minimum absolute atomic E-state index is 0.149. The van der Waals surface area contributed by atoms with Crippen molar-refractivity contribution >= 4 is 15.9 Å². The van der Waals surface area contributed by atoms with E-state index in [-0.39, 0.29) is 5.56 Å². The number of hydrogen-bond acceptors (Lipinski definition) is 1. The molecule has 0 unspecified atom stereocenters. The van der Waals surface area contributed by atoms with Crippen molar-refractivity contribution in [2.24, 2.45) is 0 Å². The lowest BCUT2D eigenvalue weighted by Gasteiger charge is -2.15. The number of halogens is 4. The molecule has 78 valence electrons. The molecule has 0 bridgehead atoms. The minimum atomic E-state index is -4.62. The zero-order valence-electron chi connectivity index (χ0n) is 7.27. The van der Waals surface area contributed by atoms with Crippen LogP contribution < -0.4 is 0 Å². The molecular weight excluding hydrogens is 261 g/mol. The Balaban J connectivity index is 3.07. The zero-order valence-corrected chi connectivity index (χ0v) is 8.85. The third-order valence-corrected chi connectivity index (χ3v) is 2.15. The topological polar surface area (TPSA) is 20.2 Å². The number of aliphatic hydroxyl groups excluding tert-OH is 1. The summed E-state index contributed by atoms with van der Waals surface area (Å²) in [6.45, 7) is 1.66. The van der Waals surface area contributed by atoms with Gasteiger partial charge in [-0.25, -0.2) is 0 Å². The molecule has 14 heavy (non-hydrogen) atoms. The van der Waals surface area contributed by atoms with Crippen molar-refractivity contribution in [2.75, 3.05) is 0 Å². The van der Waals surface area contributed by atoms with Crippen LogP contribution >= 0.6 is 15.9 Å². The molecule has 0 saturated heterocycles. The Morgan fingerprint density at radius 1 is 1.29 bits per heavy atom. The molecular formula is C9H8BrF3O. The third-order valence-electron chi connectivity index (χ3n) is 1.69. The molecule has 1 N–H and O–H groups in total. The Morgan fingerprint density at radius 3 is 2.29 bits per heavy atom. The maximum Gasteiger partial charge on any atom is 0.418 e. The Labute approximate surface area is 87.7 Å². The van der Waals surface area contributed by atoms with Crippen molar-refractivity contribution in [3.8, 4) is 0 Å². The van der Waals surface area contributed by atoms with E-state index in [1.807, 2.05) is 0 Å². The molecule has 1 atom stereocenters. The van der Waals surface area contributed by atoms with Crippen LogP contribution in [0.5, 0.6) is 0 Å². The van der Waals surface area contributed by atoms with Crippen LogP contribution in [0.25, 0.3) is 0 Å². The summed E-state index contributed by atoms with van der Waals surface area (Å²) in [4.78, 5) is 0. The maximum atomic E-state index is 12.1. The number of benzene rings is 1. The monoisotopic (exact) mass is 268 g/mol. The van der Waals surface area contributed by atoms with Gasteiger partial charge >= 0.3 is 6.18 Å². The van der Waals surface area contributed by atoms with Gasteiger partial charge in [-0.3, -0.25) is 0 Å². The van der Waals surface area contributed by atoms with Gasteiger partial charge in [0.25, 0.3) is 0 Å². The van der Waals surface area contributed by atoms with Crippen LogP contribution in [0.1, 0.15) is 17.2 Å². The molecule has 0 radical (unpaired) electrons. The summed E-state index contributed by atoms with van der Waals surface area (Å²) in [7, 11) is 0. The molecule has 0 heterocycles. The van der Waals surface area contributed by atoms with Crippen LogP contribution in [-0.4, -0.2) is 11.3 Å². The van der Waals surface area contributed by atoms with Crippen LogP contribution in [0.15, 0.2) is 22.7 Å². The van der Waals surface area contributed by atoms with E-state index in [2.05, 4.69) is 15.9 Å². The highest BCUT2D eigenvalue weighted by molar-refractivity contribution is 9.10. The molecule has 0 aromatic heterocycles. The first kappa shape index (κ1) is 11.5. The Kier molecular flexibility index (Phi) is 3.21. The smallest absolute Gasteiger partial charge is 0.379 e. The molecule has 0 saturated carbocycles. The van der Waals surface area contributed by atoms with Crippen molar-refractivity contribution in [2.45, 2.75) is 19.2 Å². The van der Waals surface area contributed by atoms with E-state index in [0.717, 1.165) is 0 Å². The van der Waals surface area contributed by atoms with Gasteiger partial charge in [-0.1, -0.05) is 22.0 Å². The van der Waals surface area contributed by atoms with Gasteiger partial charge in [-0.2, -0.15) is 13.2 Å². The van der Waals surface area contributed by atoms with E-state index >= 15 is 0 Å². The lowest BCUT2D eigenvalue weighted by Crippen LogP contribution is -2.20. The Bertz CT molecular complexity index is 315. The van der Waals surface area contributed by atoms with Crippen molar-refractivity contribution in [1.82, 2.24) is 0 Å². The third kappa shape index (κ3) is 2.72. The second-order valence-electron chi connectivity index (χ2n) is 3.01. The van der Waals surface area contributed by atoms with E-state index in [1.165, 1.54) is 12.1 Å². The molecule has 1 nitrogen and oxygen atoms in total. The largest absolute Gasteiger partial charge is 0.418 e. The molecule has 1 aromatic carbocycles. The highest BCUT2D eigenvalue weighted by Crippen LogP contribution is 2.33. The first-order chi connectivity index (χ1) is 6.30. The fourth-order valence-electron chi connectivity index (χ4n) is 1.11. The fourth-order valence-corrected chi connectivity index (χ4v) is 1.74. The predicted molar refractivity (Wildman–Crippen MR) is 49.9 cm³/mol. The van der Waals surface area contributed by atoms with Crippen LogP contribution in [0.4, 0.5) is 13.2 Å². The molecule has 1 rings (SSSR count). The van der Waals surface area contributed by atoms with Crippen LogP contribution in [0, 0.1) is 6.92 Å². The summed E-state index contributed by atoms with van der Waals surface area (Å²) in [6, 6.07) is 4.24. The second kappa shape index (κ2) is 3.90. The molecule has 5 heteroatoms. The number of aryl methyl sites for hydroxylation is 1. The number of alkyl halides is 3. The SMILES string of the molecule is Cc1cc(Br)cc([C@H](O)C(F)(F)F)c1. The van der Waals surface area contributed by atoms with Crippen molar-refractivity contribution in [1.29, 1.82) is 0 Å². The Hall–Kier alpha value is -0.550. The minimum Gasteiger partial charge on any atom is -0.379 e. The molecule has 0 fully saturated rings. The predicted octanol–water partition coefficient (Wildman–Crippen LogP) is 3.35. The van der Waals surface area contributed by atoms with E-state index in [1.54, 1.807) is 13.0 Å². The highest BCUT2D eigenvalue weighted by Gasteiger charge is 2.39. The van der Waals surface area contributed by atoms with Gasteiger partial charge in [-0.15, -0.1) is 0 Å². The summed E-state index contributed by atoms with van der Waals surface area (Å²) >= 11 is 3.07.